The van der Waals surface area contributed by atoms with Crippen molar-refractivity contribution < 1.29 is 13.5 Å². The molecule has 2 aromatic rings. The minimum atomic E-state index is -3.76. The predicted octanol–water partition coefficient (Wildman–Crippen LogP) is 1.59. The van der Waals surface area contributed by atoms with Crippen LogP contribution in [0.2, 0.25) is 5.02 Å². The Morgan fingerprint density at radius 2 is 2.05 bits per heavy atom. The summed E-state index contributed by atoms with van der Waals surface area (Å²) >= 11 is 6.71. The van der Waals surface area contributed by atoms with Crippen LogP contribution < -0.4 is 10.5 Å². The topological polar surface area (TPSA) is 105 Å². The summed E-state index contributed by atoms with van der Waals surface area (Å²) in [6.07, 6.45) is 1.18. The molecule has 0 saturated carbocycles. The first kappa shape index (κ1) is 15.2. The first-order valence-electron chi connectivity index (χ1n) is 5.51. The van der Waals surface area contributed by atoms with E-state index in [1.54, 1.807) is 24.3 Å². The van der Waals surface area contributed by atoms with E-state index in [-0.39, 0.29) is 10.8 Å². The third-order valence-electron chi connectivity index (χ3n) is 2.52. The summed E-state index contributed by atoms with van der Waals surface area (Å²) in [5.74, 6) is 0. The summed E-state index contributed by atoms with van der Waals surface area (Å²) in [5, 5.41) is 18.3. The molecule has 0 radical (unpaired) electrons. The van der Waals surface area contributed by atoms with Crippen molar-refractivity contribution in [1.29, 1.82) is 0 Å². The van der Waals surface area contributed by atoms with Gasteiger partial charge in [0.2, 0.25) is 10.0 Å². The van der Waals surface area contributed by atoms with Crippen LogP contribution in [0.15, 0.2) is 34.7 Å². The molecule has 1 heterocycles. The highest BCUT2D eigenvalue weighted by molar-refractivity contribution is 7.91. The zero-order chi connectivity index (χ0) is 14.8. The highest BCUT2D eigenvalue weighted by Crippen LogP contribution is 2.26. The van der Waals surface area contributed by atoms with Gasteiger partial charge in [0.05, 0.1) is 18.8 Å². The zero-order valence-electron chi connectivity index (χ0n) is 10.2. The maximum Gasteiger partial charge on any atom is 0.249 e. The minimum Gasteiger partial charge on any atom is -0.394 e. The molecule has 0 fully saturated rings. The molecular weight excluding hydrogens is 322 g/mol. The molecule has 0 spiro atoms. The molecule has 20 heavy (non-hydrogen) atoms. The molecule has 0 aliphatic rings. The SMILES string of the molecule is NS(=O)(=O)c1cnc(NC(CO)c2ccc(Cl)cc2)s1. The average Bonchev–Trinajstić information content (AvgIpc) is 2.85. The van der Waals surface area contributed by atoms with Crippen molar-refractivity contribution in [2.45, 2.75) is 10.3 Å². The Morgan fingerprint density at radius 1 is 1.40 bits per heavy atom. The van der Waals surface area contributed by atoms with E-state index in [0.717, 1.165) is 16.9 Å². The quantitative estimate of drug-likeness (QED) is 0.770. The number of aliphatic hydroxyl groups excluding tert-OH is 1. The van der Waals surface area contributed by atoms with E-state index in [1.807, 2.05) is 0 Å². The Hall–Kier alpha value is -1.19. The minimum absolute atomic E-state index is 0.0344. The van der Waals surface area contributed by atoms with E-state index in [1.165, 1.54) is 6.20 Å². The van der Waals surface area contributed by atoms with Crippen molar-refractivity contribution in [3.63, 3.8) is 0 Å². The maximum absolute atomic E-state index is 11.2. The molecule has 0 aliphatic carbocycles. The molecule has 9 heteroatoms. The lowest BCUT2D eigenvalue weighted by Gasteiger charge is -2.15. The molecule has 0 aliphatic heterocycles. The second-order valence-corrected chi connectivity index (χ2v) is 7.22. The van der Waals surface area contributed by atoms with Gasteiger partial charge >= 0.3 is 0 Å². The van der Waals surface area contributed by atoms with Crippen LogP contribution in [-0.4, -0.2) is 25.1 Å². The van der Waals surface area contributed by atoms with Crippen molar-refractivity contribution in [2.75, 3.05) is 11.9 Å². The third-order valence-corrected chi connectivity index (χ3v) is 5.11. The van der Waals surface area contributed by atoms with Gasteiger partial charge in [0.1, 0.15) is 0 Å². The van der Waals surface area contributed by atoms with E-state index in [9.17, 15) is 13.5 Å². The maximum atomic E-state index is 11.2. The number of nitrogens with one attached hydrogen (secondary N) is 1. The van der Waals surface area contributed by atoms with Crippen molar-refractivity contribution in [2.24, 2.45) is 5.14 Å². The number of anilines is 1. The third kappa shape index (κ3) is 3.68. The standard InChI is InChI=1S/C11H12ClN3O3S2/c12-8-3-1-7(2-4-8)9(6-16)15-11-14-5-10(19-11)20(13,17)18/h1-5,9,16H,6H2,(H,14,15)(H2,13,17,18). The summed E-state index contributed by atoms with van der Waals surface area (Å²) in [6.45, 7) is -0.175. The summed E-state index contributed by atoms with van der Waals surface area (Å²) < 4.78 is 22.3. The first-order valence-corrected chi connectivity index (χ1v) is 8.25. The number of rotatable bonds is 5. The largest absolute Gasteiger partial charge is 0.394 e. The molecule has 0 saturated heterocycles. The summed E-state index contributed by atoms with van der Waals surface area (Å²) in [5.41, 5.74) is 0.809. The number of aliphatic hydroxyl groups is 1. The van der Waals surface area contributed by atoms with E-state index in [0.29, 0.717) is 10.2 Å². The Morgan fingerprint density at radius 3 is 2.55 bits per heavy atom. The normalized spacial score (nSPS) is 13.2. The molecule has 1 unspecified atom stereocenters. The van der Waals surface area contributed by atoms with Crippen molar-refractivity contribution in [3.05, 3.63) is 41.0 Å². The predicted molar refractivity (Wildman–Crippen MR) is 78.4 cm³/mol. The van der Waals surface area contributed by atoms with Gasteiger partial charge in [-0.1, -0.05) is 35.1 Å². The number of sulfonamides is 1. The van der Waals surface area contributed by atoms with E-state index >= 15 is 0 Å². The fourth-order valence-corrected chi connectivity index (χ4v) is 3.17. The van der Waals surface area contributed by atoms with Crippen LogP contribution in [0.25, 0.3) is 0 Å². The number of thiazole rings is 1. The lowest BCUT2D eigenvalue weighted by molar-refractivity contribution is 0.276. The number of primary sulfonamides is 1. The molecule has 1 atom stereocenters. The second kappa shape index (κ2) is 6.06. The fourth-order valence-electron chi connectivity index (χ4n) is 1.54. The number of hydrogen-bond donors (Lipinski definition) is 3. The van der Waals surface area contributed by atoms with Crippen LogP contribution in [0.3, 0.4) is 0 Å². The Kier molecular flexibility index (Phi) is 4.61. The molecule has 108 valence electrons. The molecule has 2 rings (SSSR count). The van der Waals surface area contributed by atoms with E-state index in [4.69, 9.17) is 16.7 Å². The van der Waals surface area contributed by atoms with Gasteiger partial charge in [-0.25, -0.2) is 18.5 Å². The van der Waals surface area contributed by atoms with Crippen molar-refractivity contribution in [1.82, 2.24) is 4.98 Å². The molecule has 4 N–H and O–H groups in total. The van der Waals surface area contributed by atoms with Crippen molar-refractivity contribution >= 4 is 38.1 Å². The second-order valence-electron chi connectivity index (χ2n) is 3.96. The monoisotopic (exact) mass is 333 g/mol. The number of halogens is 1. The van der Waals surface area contributed by atoms with Crippen LogP contribution in [0.4, 0.5) is 5.13 Å². The fraction of sp³-hybridized carbons (Fsp3) is 0.182. The zero-order valence-corrected chi connectivity index (χ0v) is 12.5. The molecule has 1 aromatic heterocycles. The Labute approximate surface area is 125 Å². The van der Waals surface area contributed by atoms with Gasteiger partial charge in [0.25, 0.3) is 0 Å². The summed E-state index contributed by atoms with van der Waals surface area (Å²) in [4.78, 5) is 3.92. The smallest absolute Gasteiger partial charge is 0.249 e. The Bertz CT molecular complexity index is 685. The van der Waals surface area contributed by atoms with E-state index in [2.05, 4.69) is 10.3 Å². The number of benzene rings is 1. The number of hydrogen-bond acceptors (Lipinski definition) is 6. The van der Waals surface area contributed by atoms with Crippen LogP contribution in [-0.2, 0) is 10.0 Å². The van der Waals surface area contributed by atoms with Gasteiger partial charge in [0, 0.05) is 5.02 Å². The van der Waals surface area contributed by atoms with Crippen LogP contribution in [0, 0.1) is 0 Å². The number of aromatic nitrogens is 1. The molecule has 0 bridgehead atoms. The van der Waals surface area contributed by atoms with Gasteiger partial charge in [-0.3, -0.25) is 0 Å². The number of nitrogens with two attached hydrogens (primary N) is 1. The highest BCUT2D eigenvalue weighted by Gasteiger charge is 2.16. The average molecular weight is 334 g/mol. The van der Waals surface area contributed by atoms with Gasteiger partial charge in [-0.05, 0) is 17.7 Å². The number of nitrogens with zero attached hydrogens (tertiary/aromatic N) is 1. The highest BCUT2D eigenvalue weighted by atomic mass is 35.5. The van der Waals surface area contributed by atoms with Crippen LogP contribution in [0.5, 0.6) is 0 Å². The van der Waals surface area contributed by atoms with Crippen LogP contribution >= 0.6 is 22.9 Å². The van der Waals surface area contributed by atoms with Crippen LogP contribution in [0.1, 0.15) is 11.6 Å². The van der Waals surface area contributed by atoms with Gasteiger partial charge in [-0.2, -0.15) is 0 Å². The van der Waals surface area contributed by atoms with Gasteiger partial charge in [-0.15, -0.1) is 0 Å². The van der Waals surface area contributed by atoms with Gasteiger partial charge in [0.15, 0.2) is 9.34 Å². The molecule has 0 amide bonds. The summed E-state index contributed by atoms with van der Waals surface area (Å²) in [6, 6.07) is 6.54. The summed E-state index contributed by atoms with van der Waals surface area (Å²) in [7, 11) is -3.76. The van der Waals surface area contributed by atoms with Crippen molar-refractivity contribution in [3.8, 4) is 0 Å². The first-order chi connectivity index (χ1) is 9.40. The molecule has 6 nitrogen and oxygen atoms in total. The molecule has 1 aromatic carbocycles. The Balaban J connectivity index is 2.18. The van der Waals surface area contributed by atoms with E-state index < -0.39 is 16.1 Å². The lowest BCUT2D eigenvalue weighted by Crippen LogP contribution is -2.14. The van der Waals surface area contributed by atoms with Gasteiger partial charge < -0.3 is 10.4 Å². The lowest BCUT2D eigenvalue weighted by atomic mass is 10.1. The molecular formula is C11H12ClN3O3S2.